The van der Waals surface area contributed by atoms with E-state index in [0.717, 1.165) is 5.56 Å². The van der Waals surface area contributed by atoms with Crippen molar-refractivity contribution in [2.24, 2.45) is 4.99 Å². The van der Waals surface area contributed by atoms with Crippen LogP contribution in [0, 0.1) is 0 Å². The van der Waals surface area contributed by atoms with E-state index in [1.165, 1.54) is 4.90 Å². The molecule has 1 aromatic carbocycles. The van der Waals surface area contributed by atoms with Crippen molar-refractivity contribution < 1.29 is 9.59 Å². The normalized spacial score (nSPS) is 13.9. The Kier molecular flexibility index (Phi) is 5.32. The van der Waals surface area contributed by atoms with E-state index >= 15 is 0 Å². The number of hydrogen-bond acceptors (Lipinski definition) is 4. The van der Waals surface area contributed by atoms with Crippen LogP contribution in [-0.4, -0.2) is 35.1 Å². The van der Waals surface area contributed by atoms with E-state index in [9.17, 15) is 9.59 Å². The third-order valence-corrected chi connectivity index (χ3v) is 4.04. The van der Waals surface area contributed by atoms with Gasteiger partial charge in [0.25, 0.3) is 0 Å². The lowest BCUT2D eigenvalue weighted by molar-refractivity contribution is -0.123. The van der Waals surface area contributed by atoms with Crippen LogP contribution in [0.5, 0.6) is 0 Å². The monoisotopic (exact) mass is 370 g/mol. The van der Waals surface area contributed by atoms with Gasteiger partial charge in [-0.2, -0.15) is 0 Å². The number of hydrogen-bond donors (Lipinski definition) is 1. The predicted octanol–water partition coefficient (Wildman–Crippen LogP) is 3.12. The van der Waals surface area contributed by atoms with Crippen LogP contribution < -0.4 is 10.2 Å². The summed E-state index contributed by atoms with van der Waals surface area (Å²) >= 11 is 6.07. The predicted molar refractivity (Wildman–Crippen MR) is 102 cm³/mol. The Hall–Kier alpha value is -2.73. The Morgan fingerprint density at radius 3 is 2.85 bits per heavy atom. The van der Waals surface area contributed by atoms with Crippen molar-refractivity contribution in [3.05, 3.63) is 53.2 Å². The molecule has 0 fully saturated rings. The van der Waals surface area contributed by atoms with Crippen molar-refractivity contribution >= 4 is 40.6 Å². The van der Waals surface area contributed by atoms with Crippen LogP contribution in [0.4, 0.5) is 11.5 Å². The van der Waals surface area contributed by atoms with Crippen LogP contribution in [-0.2, 0) is 9.59 Å². The Morgan fingerprint density at radius 2 is 2.12 bits per heavy atom. The fourth-order valence-electron chi connectivity index (χ4n) is 2.73. The standard InChI is InChI=1S/C19H19ClN4O2/c1-12(2)22-17(25)11-24-18(26)10-16(13-5-3-6-14(20)9-13)23-15-7-4-8-21-19(15)24/h3-9,12H,10-11H2,1-2H3,(H,22,25). The van der Waals surface area contributed by atoms with Gasteiger partial charge in [0.2, 0.25) is 11.8 Å². The number of carbonyl (C=O) groups excluding carboxylic acids is 2. The summed E-state index contributed by atoms with van der Waals surface area (Å²) < 4.78 is 0. The maximum Gasteiger partial charge on any atom is 0.240 e. The molecule has 1 aliphatic rings. The van der Waals surface area contributed by atoms with Crippen LogP contribution in [0.25, 0.3) is 0 Å². The number of amides is 2. The first kappa shape index (κ1) is 18.1. The number of benzene rings is 1. The molecule has 2 amide bonds. The number of nitrogens with one attached hydrogen (secondary N) is 1. The lowest BCUT2D eigenvalue weighted by Crippen LogP contribution is -2.43. The summed E-state index contributed by atoms with van der Waals surface area (Å²) in [6.07, 6.45) is 1.64. The summed E-state index contributed by atoms with van der Waals surface area (Å²) in [5, 5.41) is 3.37. The smallest absolute Gasteiger partial charge is 0.240 e. The fourth-order valence-corrected chi connectivity index (χ4v) is 2.92. The number of aliphatic imine (C=N–C) groups is 1. The SMILES string of the molecule is CC(C)NC(=O)CN1C(=O)CC(c2cccc(Cl)c2)=Nc2cccnc21. The first-order valence-electron chi connectivity index (χ1n) is 8.32. The molecule has 2 heterocycles. The second-order valence-electron chi connectivity index (χ2n) is 6.29. The molecule has 7 heteroatoms. The van der Waals surface area contributed by atoms with Gasteiger partial charge in [-0.15, -0.1) is 0 Å². The van der Waals surface area contributed by atoms with Gasteiger partial charge in [0.15, 0.2) is 5.82 Å². The number of fused-ring (bicyclic) bond motifs is 1. The fraction of sp³-hybridized carbons (Fsp3) is 0.263. The molecule has 0 radical (unpaired) electrons. The molecule has 0 saturated carbocycles. The Morgan fingerprint density at radius 1 is 1.31 bits per heavy atom. The Balaban J connectivity index is 1.97. The van der Waals surface area contributed by atoms with Crippen LogP contribution in [0.1, 0.15) is 25.8 Å². The number of halogens is 1. The van der Waals surface area contributed by atoms with Gasteiger partial charge in [-0.3, -0.25) is 14.5 Å². The van der Waals surface area contributed by atoms with Crippen molar-refractivity contribution in [1.29, 1.82) is 0 Å². The molecule has 1 aliphatic heterocycles. The topological polar surface area (TPSA) is 74.7 Å². The highest BCUT2D eigenvalue weighted by atomic mass is 35.5. The van der Waals surface area contributed by atoms with Crippen molar-refractivity contribution in [3.8, 4) is 0 Å². The maximum atomic E-state index is 12.9. The van der Waals surface area contributed by atoms with E-state index < -0.39 is 0 Å². The Labute approximate surface area is 156 Å². The molecule has 0 aliphatic carbocycles. The lowest BCUT2D eigenvalue weighted by atomic mass is 10.1. The van der Waals surface area contributed by atoms with E-state index in [0.29, 0.717) is 22.2 Å². The molecule has 0 bridgehead atoms. The molecule has 3 rings (SSSR count). The average molecular weight is 371 g/mol. The van der Waals surface area contributed by atoms with Gasteiger partial charge < -0.3 is 5.32 Å². The van der Waals surface area contributed by atoms with Crippen molar-refractivity contribution in [2.75, 3.05) is 11.4 Å². The number of aromatic nitrogens is 1. The lowest BCUT2D eigenvalue weighted by Gasteiger charge is -2.21. The third-order valence-electron chi connectivity index (χ3n) is 3.81. The number of nitrogens with zero attached hydrogens (tertiary/aromatic N) is 3. The maximum absolute atomic E-state index is 12.9. The summed E-state index contributed by atoms with van der Waals surface area (Å²) in [7, 11) is 0. The molecular formula is C19H19ClN4O2. The third kappa shape index (κ3) is 4.08. The molecule has 26 heavy (non-hydrogen) atoms. The first-order valence-corrected chi connectivity index (χ1v) is 8.70. The zero-order valence-corrected chi connectivity index (χ0v) is 15.3. The Bertz CT molecular complexity index is 879. The van der Waals surface area contributed by atoms with Crippen LogP contribution >= 0.6 is 11.6 Å². The van der Waals surface area contributed by atoms with E-state index in [-0.39, 0.29) is 30.8 Å². The highest BCUT2D eigenvalue weighted by Crippen LogP contribution is 2.31. The molecule has 0 spiro atoms. The van der Waals surface area contributed by atoms with Gasteiger partial charge in [-0.1, -0.05) is 23.7 Å². The highest BCUT2D eigenvalue weighted by Gasteiger charge is 2.27. The zero-order chi connectivity index (χ0) is 18.7. The van der Waals surface area contributed by atoms with Gasteiger partial charge in [-0.25, -0.2) is 9.98 Å². The van der Waals surface area contributed by atoms with Gasteiger partial charge in [0.05, 0.1) is 12.1 Å². The van der Waals surface area contributed by atoms with Crippen LogP contribution in [0.2, 0.25) is 5.02 Å². The summed E-state index contributed by atoms with van der Waals surface area (Å²) in [6.45, 7) is 3.64. The number of anilines is 1. The molecule has 134 valence electrons. The van der Waals surface area contributed by atoms with Crippen molar-refractivity contribution in [3.63, 3.8) is 0 Å². The molecule has 0 saturated heterocycles. The quantitative estimate of drug-likeness (QED) is 0.898. The molecule has 1 aromatic heterocycles. The van der Waals surface area contributed by atoms with Crippen LogP contribution in [0.15, 0.2) is 47.6 Å². The van der Waals surface area contributed by atoms with E-state index in [1.807, 2.05) is 26.0 Å². The molecular weight excluding hydrogens is 352 g/mol. The van der Waals surface area contributed by atoms with E-state index in [1.54, 1.807) is 30.5 Å². The minimum atomic E-state index is -0.240. The molecule has 2 aromatic rings. The summed E-state index contributed by atoms with van der Waals surface area (Å²) in [5.41, 5.74) is 1.92. The van der Waals surface area contributed by atoms with Gasteiger partial charge in [0.1, 0.15) is 12.2 Å². The second-order valence-corrected chi connectivity index (χ2v) is 6.73. The van der Waals surface area contributed by atoms with Crippen LogP contribution in [0.3, 0.4) is 0 Å². The van der Waals surface area contributed by atoms with Crippen molar-refractivity contribution in [1.82, 2.24) is 10.3 Å². The van der Waals surface area contributed by atoms with E-state index in [4.69, 9.17) is 11.6 Å². The first-order chi connectivity index (χ1) is 12.4. The zero-order valence-electron chi connectivity index (χ0n) is 14.6. The molecule has 0 unspecified atom stereocenters. The number of carbonyl (C=O) groups is 2. The molecule has 0 atom stereocenters. The van der Waals surface area contributed by atoms with E-state index in [2.05, 4.69) is 15.3 Å². The highest BCUT2D eigenvalue weighted by molar-refractivity contribution is 6.31. The van der Waals surface area contributed by atoms with Gasteiger partial charge >= 0.3 is 0 Å². The minimum absolute atomic E-state index is 0.00828. The van der Waals surface area contributed by atoms with Crippen molar-refractivity contribution in [2.45, 2.75) is 26.3 Å². The largest absolute Gasteiger partial charge is 0.352 e. The summed E-state index contributed by atoms with van der Waals surface area (Å²) in [5.74, 6) is -0.0929. The van der Waals surface area contributed by atoms with Gasteiger partial charge in [0, 0.05) is 17.3 Å². The minimum Gasteiger partial charge on any atom is -0.352 e. The number of rotatable bonds is 4. The van der Waals surface area contributed by atoms with Gasteiger partial charge in [-0.05, 0) is 43.7 Å². The number of pyridine rings is 1. The molecule has 1 N–H and O–H groups in total. The molecule has 6 nitrogen and oxygen atoms in total. The average Bonchev–Trinajstić information content (AvgIpc) is 2.72. The summed E-state index contributed by atoms with van der Waals surface area (Å²) in [6, 6.07) is 10.7. The summed E-state index contributed by atoms with van der Waals surface area (Å²) in [4.78, 5) is 35.3. The second kappa shape index (κ2) is 7.66.